The molecule has 0 aromatic heterocycles. The average molecular weight is 318 g/mol. The third-order valence-electron chi connectivity index (χ3n) is 5.27. The summed E-state index contributed by atoms with van der Waals surface area (Å²) in [6.45, 7) is 4.67. The van der Waals surface area contributed by atoms with E-state index >= 15 is 0 Å². The van der Waals surface area contributed by atoms with Crippen LogP contribution in [-0.2, 0) is 11.3 Å². The molecule has 1 aromatic carbocycles. The zero-order valence-corrected chi connectivity index (χ0v) is 13.5. The van der Waals surface area contributed by atoms with E-state index in [0.29, 0.717) is 26.2 Å². The molecule has 4 nitrogen and oxygen atoms in total. The van der Waals surface area contributed by atoms with Crippen molar-refractivity contribution in [1.82, 2.24) is 4.90 Å². The second kappa shape index (κ2) is 6.56. The van der Waals surface area contributed by atoms with E-state index in [2.05, 4.69) is 4.90 Å². The average Bonchev–Trinajstić information content (AvgIpc) is 2.95. The maximum absolute atomic E-state index is 13.8. The molecule has 1 aromatic rings. The maximum Gasteiger partial charge on any atom is 0.141 e. The summed E-state index contributed by atoms with van der Waals surface area (Å²) in [6, 6.07) is 6.90. The first-order valence-electron chi connectivity index (χ1n) is 8.24. The standard InChI is InChI=1S/C18H23FN2O2/c1-18(22)6-8-23-12-15(18)17-3-2-7-21(17)11-13-4-5-14(10-20)16(19)9-13/h4-5,9,15,17,22H,2-3,6-8,11-12H2,1H3/t15-,17-,18-/m0/s1. The van der Waals surface area contributed by atoms with Crippen LogP contribution in [0, 0.1) is 23.1 Å². The smallest absolute Gasteiger partial charge is 0.141 e. The lowest BCUT2D eigenvalue weighted by Gasteiger charge is -2.43. The summed E-state index contributed by atoms with van der Waals surface area (Å²) in [5.41, 5.74) is 0.238. The number of rotatable bonds is 3. The number of benzene rings is 1. The number of likely N-dealkylation sites (tertiary alicyclic amines) is 1. The first-order chi connectivity index (χ1) is 11.0. The minimum Gasteiger partial charge on any atom is -0.390 e. The van der Waals surface area contributed by atoms with Crippen molar-refractivity contribution >= 4 is 0 Å². The van der Waals surface area contributed by atoms with Gasteiger partial charge in [-0.1, -0.05) is 6.07 Å². The van der Waals surface area contributed by atoms with Crippen molar-refractivity contribution in [1.29, 1.82) is 5.26 Å². The topological polar surface area (TPSA) is 56.5 Å². The molecule has 1 N–H and O–H groups in total. The lowest BCUT2D eigenvalue weighted by Crippen LogP contribution is -2.52. The molecular weight excluding hydrogens is 295 g/mol. The van der Waals surface area contributed by atoms with Crippen molar-refractivity contribution in [2.24, 2.45) is 5.92 Å². The lowest BCUT2D eigenvalue weighted by molar-refractivity contribution is -0.123. The zero-order valence-electron chi connectivity index (χ0n) is 13.5. The van der Waals surface area contributed by atoms with E-state index in [4.69, 9.17) is 10.00 Å². The van der Waals surface area contributed by atoms with Gasteiger partial charge >= 0.3 is 0 Å². The van der Waals surface area contributed by atoms with Gasteiger partial charge in [0.2, 0.25) is 0 Å². The first kappa shape index (κ1) is 16.4. The molecule has 0 bridgehead atoms. The van der Waals surface area contributed by atoms with Crippen molar-refractivity contribution in [3.8, 4) is 6.07 Å². The molecule has 2 saturated heterocycles. The molecule has 124 valence electrons. The highest BCUT2D eigenvalue weighted by Crippen LogP contribution is 2.36. The van der Waals surface area contributed by atoms with E-state index in [1.807, 2.05) is 19.1 Å². The van der Waals surface area contributed by atoms with Crippen LogP contribution in [0.1, 0.15) is 37.3 Å². The Morgan fingerprint density at radius 2 is 2.35 bits per heavy atom. The molecule has 23 heavy (non-hydrogen) atoms. The molecule has 0 aliphatic carbocycles. The Bertz CT molecular complexity index is 612. The summed E-state index contributed by atoms with van der Waals surface area (Å²) in [5, 5.41) is 19.5. The van der Waals surface area contributed by atoms with Gasteiger partial charge < -0.3 is 9.84 Å². The number of aliphatic hydroxyl groups is 1. The first-order valence-corrected chi connectivity index (χ1v) is 8.24. The van der Waals surface area contributed by atoms with Crippen LogP contribution in [-0.4, -0.2) is 41.4 Å². The van der Waals surface area contributed by atoms with Crippen molar-refractivity contribution < 1.29 is 14.2 Å². The van der Waals surface area contributed by atoms with Crippen LogP contribution in [0.15, 0.2) is 18.2 Å². The Morgan fingerprint density at radius 3 is 3.04 bits per heavy atom. The van der Waals surface area contributed by atoms with E-state index in [-0.39, 0.29) is 17.5 Å². The van der Waals surface area contributed by atoms with Crippen LogP contribution in [0.3, 0.4) is 0 Å². The third kappa shape index (κ3) is 3.40. The van der Waals surface area contributed by atoms with E-state index in [1.54, 1.807) is 0 Å². The number of ether oxygens (including phenoxy) is 1. The van der Waals surface area contributed by atoms with Crippen LogP contribution >= 0.6 is 0 Å². The summed E-state index contributed by atoms with van der Waals surface area (Å²) >= 11 is 0. The highest BCUT2D eigenvalue weighted by molar-refractivity contribution is 5.33. The van der Waals surface area contributed by atoms with Gasteiger partial charge in [0.15, 0.2) is 0 Å². The van der Waals surface area contributed by atoms with E-state index in [1.165, 1.54) is 12.1 Å². The largest absolute Gasteiger partial charge is 0.390 e. The van der Waals surface area contributed by atoms with Crippen molar-refractivity contribution in [3.63, 3.8) is 0 Å². The van der Waals surface area contributed by atoms with Gasteiger partial charge in [0.05, 0.1) is 17.8 Å². The van der Waals surface area contributed by atoms with Gasteiger partial charge in [0, 0.05) is 25.1 Å². The van der Waals surface area contributed by atoms with E-state index in [0.717, 1.165) is 24.9 Å². The summed E-state index contributed by atoms with van der Waals surface area (Å²) in [4.78, 5) is 2.31. The second-order valence-electron chi connectivity index (χ2n) is 6.89. The van der Waals surface area contributed by atoms with Crippen LogP contribution in [0.4, 0.5) is 4.39 Å². The Labute approximate surface area is 136 Å². The van der Waals surface area contributed by atoms with Crippen LogP contribution in [0.2, 0.25) is 0 Å². The van der Waals surface area contributed by atoms with Crippen LogP contribution in [0.5, 0.6) is 0 Å². The highest BCUT2D eigenvalue weighted by atomic mass is 19.1. The molecule has 5 heteroatoms. The van der Waals surface area contributed by atoms with Gasteiger partial charge in [0.1, 0.15) is 11.9 Å². The van der Waals surface area contributed by atoms with E-state index in [9.17, 15) is 9.50 Å². The van der Waals surface area contributed by atoms with Crippen LogP contribution in [0.25, 0.3) is 0 Å². The highest BCUT2D eigenvalue weighted by Gasteiger charge is 2.43. The van der Waals surface area contributed by atoms with Gasteiger partial charge in [-0.15, -0.1) is 0 Å². The molecule has 0 amide bonds. The zero-order chi connectivity index (χ0) is 16.4. The summed E-state index contributed by atoms with van der Waals surface area (Å²) in [7, 11) is 0. The van der Waals surface area contributed by atoms with Gasteiger partial charge in [-0.05, 0) is 50.4 Å². The molecule has 0 radical (unpaired) electrons. The van der Waals surface area contributed by atoms with Gasteiger partial charge in [-0.2, -0.15) is 5.26 Å². The number of hydrogen-bond donors (Lipinski definition) is 1. The summed E-state index contributed by atoms with van der Waals surface area (Å²) < 4.78 is 19.4. The van der Waals surface area contributed by atoms with Crippen LogP contribution < -0.4 is 0 Å². The quantitative estimate of drug-likeness (QED) is 0.930. The number of hydrogen-bond acceptors (Lipinski definition) is 4. The molecule has 2 aliphatic rings. The normalized spacial score (nSPS) is 31.9. The Balaban J connectivity index is 1.74. The fourth-order valence-corrected chi connectivity index (χ4v) is 3.87. The monoisotopic (exact) mass is 318 g/mol. The Morgan fingerprint density at radius 1 is 1.52 bits per heavy atom. The lowest BCUT2D eigenvalue weighted by atomic mass is 9.79. The minimum absolute atomic E-state index is 0.0790. The molecule has 2 heterocycles. The Kier molecular flexibility index (Phi) is 4.67. The molecule has 3 rings (SSSR count). The second-order valence-corrected chi connectivity index (χ2v) is 6.89. The molecule has 0 spiro atoms. The molecule has 3 atom stereocenters. The summed E-state index contributed by atoms with van der Waals surface area (Å²) in [5.74, 6) is -0.379. The van der Waals surface area contributed by atoms with E-state index < -0.39 is 11.4 Å². The molecule has 0 unspecified atom stereocenters. The summed E-state index contributed by atoms with van der Waals surface area (Å²) in [6.07, 6.45) is 2.77. The fraction of sp³-hybridized carbons (Fsp3) is 0.611. The van der Waals surface area contributed by atoms with Crippen molar-refractivity contribution in [3.05, 3.63) is 35.1 Å². The number of nitriles is 1. The molecular formula is C18H23FN2O2. The van der Waals surface area contributed by atoms with Gasteiger partial charge in [-0.25, -0.2) is 4.39 Å². The maximum atomic E-state index is 13.8. The molecule has 2 fully saturated rings. The Hall–Kier alpha value is -1.48. The molecule has 2 aliphatic heterocycles. The number of halogens is 1. The predicted molar refractivity (Wildman–Crippen MR) is 84.1 cm³/mol. The number of nitrogens with zero attached hydrogens (tertiary/aromatic N) is 2. The SMILES string of the molecule is C[C@]1(O)CCOC[C@H]1[C@@H]1CCCN1Cc1ccc(C#N)c(F)c1. The van der Waals surface area contributed by atoms with Gasteiger partial charge in [-0.3, -0.25) is 4.90 Å². The predicted octanol–water partition coefficient (Wildman–Crippen LogP) is 2.45. The third-order valence-corrected chi connectivity index (χ3v) is 5.27. The molecule has 0 saturated carbocycles. The van der Waals surface area contributed by atoms with Crippen molar-refractivity contribution in [2.45, 2.75) is 44.4 Å². The van der Waals surface area contributed by atoms with Crippen molar-refractivity contribution in [2.75, 3.05) is 19.8 Å². The van der Waals surface area contributed by atoms with Gasteiger partial charge in [0.25, 0.3) is 0 Å². The minimum atomic E-state index is -0.707. The fourth-order valence-electron chi connectivity index (χ4n) is 3.87.